The van der Waals surface area contributed by atoms with Gasteiger partial charge in [-0.15, -0.1) is 24.0 Å². The second-order valence-corrected chi connectivity index (χ2v) is 7.16. The highest BCUT2D eigenvalue weighted by molar-refractivity contribution is 14.0. The summed E-state index contributed by atoms with van der Waals surface area (Å²) in [6, 6.07) is 18.7. The van der Waals surface area contributed by atoms with Crippen LogP contribution in [-0.2, 0) is 6.54 Å². The molecule has 0 aromatic heterocycles. The fourth-order valence-electron chi connectivity index (χ4n) is 3.43. The van der Waals surface area contributed by atoms with Crippen LogP contribution in [0.3, 0.4) is 0 Å². The zero-order chi connectivity index (χ0) is 19.8. The Morgan fingerprint density at radius 3 is 2.55 bits per heavy atom. The number of anilines is 1. The lowest BCUT2D eigenvalue weighted by molar-refractivity contribution is 0.686. The molecule has 3 rings (SSSR count). The molecule has 1 unspecified atom stereocenters. The van der Waals surface area contributed by atoms with Crippen molar-refractivity contribution < 1.29 is 0 Å². The summed E-state index contributed by atoms with van der Waals surface area (Å²) in [5.41, 5.74) is 4.32. The summed E-state index contributed by atoms with van der Waals surface area (Å²) in [7, 11) is 0. The van der Waals surface area contributed by atoms with E-state index in [1.54, 1.807) is 0 Å². The number of aliphatic imine (C=N–C) groups is 1. The van der Waals surface area contributed by atoms with Crippen LogP contribution in [0.1, 0.15) is 49.4 Å². The molecular weight excluding hydrogens is 473 g/mol. The normalized spacial score (nSPS) is 14.7. The molecule has 2 aromatic carbocycles. The number of guanidine groups is 1. The fraction of sp³-hybridized carbons (Fsp3) is 0.391. The van der Waals surface area contributed by atoms with E-state index in [9.17, 15) is 0 Å². The first-order chi connectivity index (χ1) is 13.7. The van der Waals surface area contributed by atoms with Crippen molar-refractivity contribution in [1.82, 2.24) is 10.6 Å². The third-order valence-electron chi connectivity index (χ3n) is 5.04. The third kappa shape index (κ3) is 6.64. The van der Waals surface area contributed by atoms with Crippen LogP contribution in [-0.4, -0.2) is 25.6 Å². The molecule has 29 heavy (non-hydrogen) atoms. The van der Waals surface area contributed by atoms with Crippen LogP contribution < -0.4 is 15.5 Å². The molecule has 0 saturated carbocycles. The Hall–Kier alpha value is -2.27. The number of benzene rings is 2. The van der Waals surface area contributed by atoms with Crippen LogP contribution >= 0.6 is 24.0 Å². The lowest BCUT2D eigenvalue weighted by Crippen LogP contribution is -2.38. The summed E-state index contributed by atoms with van der Waals surface area (Å²) in [5.74, 6) is 0.797. The average Bonchev–Trinajstić information content (AvgIpc) is 3.27. The fourth-order valence-corrected chi connectivity index (χ4v) is 3.43. The highest BCUT2D eigenvalue weighted by Gasteiger charge is 2.14. The summed E-state index contributed by atoms with van der Waals surface area (Å²) in [4.78, 5) is 7.16. The molecule has 154 valence electrons. The number of nitrogens with zero attached hydrogens (tertiary/aromatic N) is 3. The zero-order valence-corrected chi connectivity index (χ0v) is 19.5. The van der Waals surface area contributed by atoms with E-state index in [0.717, 1.165) is 31.2 Å². The van der Waals surface area contributed by atoms with Gasteiger partial charge in [-0.25, -0.2) is 4.99 Å². The quantitative estimate of drug-likeness (QED) is 0.344. The topological polar surface area (TPSA) is 63.5 Å². The molecule has 1 fully saturated rings. The molecule has 2 N–H and O–H groups in total. The Labute approximate surface area is 191 Å². The molecular formula is C23H30IN5. The van der Waals surface area contributed by atoms with E-state index >= 15 is 0 Å². The minimum atomic E-state index is 0. The van der Waals surface area contributed by atoms with Crippen molar-refractivity contribution in [1.29, 1.82) is 5.26 Å². The predicted molar refractivity (Wildman–Crippen MR) is 131 cm³/mol. The molecule has 0 radical (unpaired) electrons. The molecule has 0 aliphatic carbocycles. The van der Waals surface area contributed by atoms with Crippen LogP contribution in [0.2, 0.25) is 0 Å². The van der Waals surface area contributed by atoms with Crippen molar-refractivity contribution in [2.75, 3.05) is 24.5 Å². The van der Waals surface area contributed by atoms with Crippen LogP contribution in [0.25, 0.3) is 0 Å². The Bertz CT molecular complexity index is 835. The van der Waals surface area contributed by atoms with E-state index in [-0.39, 0.29) is 30.0 Å². The number of rotatable bonds is 6. The molecule has 1 aliphatic rings. The number of halogens is 1. The first-order valence-electron chi connectivity index (χ1n) is 10.1. The van der Waals surface area contributed by atoms with Crippen molar-refractivity contribution in [3.8, 4) is 6.07 Å². The summed E-state index contributed by atoms with van der Waals surface area (Å²) in [6.07, 6.45) is 2.56. The van der Waals surface area contributed by atoms with Gasteiger partial charge in [0.25, 0.3) is 0 Å². The Kier molecular flexibility index (Phi) is 9.26. The maximum Gasteiger partial charge on any atom is 0.192 e. The van der Waals surface area contributed by atoms with Crippen LogP contribution in [0.15, 0.2) is 53.5 Å². The van der Waals surface area contributed by atoms with Gasteiger partial charge in [-0.3, -0.25) is 0 Å². The van der Waals surface area contributed by atoms with Crippen molar-refractivity contribution in [2.45, 2.75) is 39.3 Å². The standard InChI is InChI=1S/C23H29N5.HI/c1-3-25-23(26-17-20-11-9-19(16-24)10-12-20)27-18(2)21-7-6-8-22(15-21)28-13-4-5-14-28;/h6-12,15,18H,3-5,13-14,17H2,1-2H3,(H2,25,26,27);1H. The molecule has 5 nitrogen and oxygen atoms in total. The number of hydrogen-bond donors (Lipinski definition) is 2. The van der Waals surface area contributed by atoms with Crippen LogP contribution in [0.4, 0.5) is 5.69 Å². The first kappa shape index (κ1) is 23.0. The second kappa shape index (κ2) is 11.7. The highest BCUT2D eigenvalue weighted by Crippen LogP contribution is 2.24. The van der Waals surface area contributed by atoms with Crippen molar-refractivity contribution in [3.63, 3.8) is 0 Å². The predicted octanol–water partition coefficient (Wildman–Crippen LogP) is 4.59. The van der Waals surface area contributed by atoms with Gasteiger partial charge in [-0.1, -0.05) is 24.3 Å². The van der Waals surface area contributed by atoms with Gasteiger partial charge >= 0.3 is 0 Å². The van der Waals surface area contributed by atoms with E-state index in [4.69, 9.17) is 10.3 Å². The molecule has 6 heteroatoms. The van der Waals surface area contributed by atoms with Gasteiger partial charge in [0, 0.05) is 25.3 Å². The Morgan fingerprint density at radius 1 is 1.17 bits per heavy atom. The van der Waals surface area contributed by atoms with Gasteiger partial charge in [0.05, 0.1) is 24.2 Å². The Morgan fingerprint density at radius 2 is 1.90 bits per heavy atom. The van der Waals surface area contributed by atoms with E-state index in [1.165, 1.54) is 24.1 Å². The zero-order valence-electron chi connectivity index (χ0n) is 17.2. The van der Waals surface area contributed by atoms with E-state index < -0.39 is 0 Å². The maximum atomic E-state index is 8.91. The molecule has 0 bridgehead atoms. The summed E-state index contributed by atoms with van der Waals surface area (Å²) in [6.45, 7) is 7.91. The molecule has 0 amide bonds. The van der Waals surface area contributed by atoms with Gasteiger partial charge in [-0.2, -0.15) is 5.26 Å². The van der Waals surface area contributed by atoms with Gasteiger partial charge in [0.15, 0.2) is 5.96 Å². The summed E-state index contributed by atoms with van der Waals surface area (Å²) < 4.78 is 0. The smallest absolute Gasteiger partial charge is 0.192 e. The van der Waals surface area contributed by atoms with Gasteiger partial charge in [0.2, 0.25) is 0 Å². The SMILES string of the molecule is CCNC(=NCc1ccc(C#N)cc1)NC(C)c1cccc(N2CCCC2)c1.I. The highest BCUT2D eigenvalue weighted by atomic mass is 127. The summed E-state index contributed by atoms with van der Waals surface area (Å²) in [5, 5.41) is 15.7. The largest absolute Gasteiger partial charge is 0.372 e. The molecule has 1 atom stereocenters. The molecule has 1 aliphatic heterocycles. The van der Waals surface area contributed by atoms with Crippen molar-refractivity contribution in [3.05, 3.63) is 65.2 Å². The van der Waals surface area contributed by atoms with Crippen molar-refractivity contribution >= 4 is 35.6 Å². The first-order valence-corrected chi connectivity index (χ1v) is 10.1. The maximum absolute atomic E-state index is 8.91. The minimum Gasteiger partial charge on any atom is -0.372 e. The minimum absolute atomic E-state index is 0. The average molecular weight is 503 g/mol. The van der Waals surface area contributed by atoms with Crippen LogP contribution in [0, 0.1) is 11.3 Å². The van der Waals surface area contributed by atoms with E-state index in [2.05, 4.69) is 59.7 Å². The van der Waals surface area contributed by atoms with Crippen LogP contribution in [0.5, 0.6) is 0 Å². The number of hydrogen-bond acceptors (Lipinski definition) is 3. The van der Waals surface area contributed by atoms with Crippen molar-refractivity contribution in [2.24, 2.45) is 4.99 Å². The molecule has 1 saturated heterocycles. The number of nitrogens with one attached hydrogen (secondary N) is 2. The Balaban J connectivity index is 0.00000300. The second-order valence-electron chi connectivity index (χ2n) is 7.16. The van der Waals surface area contributed by atoms with Gasteiger partial charge in [0.1, 0.15) is 0 Å². The number of nitriles is 1. The van der Waals surface area contributed by atoms with E-state index in [1.807, 2.05) is 24.3 Å². The van der Waals surface area contributed by atoms with Gasteiger partial charge < -0.3 is 15.5 Å². The molecule has 0 spiro atoms. The summed E-state index contributed by atoms with van der Waals surface area (Å²) >= 11 is 0. The molecule has 1 heterocycles. The monoisotopic (exact) mass is 503 g/mol. The lowest BCUT2D eigenvalue weighted by atomic mass is 10.1. The lowest BCUT2D eigenvalue weighted by Gasteiger charge is -2.22. The van der Waals surface area contributed by atoms with Gasteiger partial charge in [-0.05, 0) is 62.1 Å². The molecule has 2 aromatic rings. The third-order valence-corrected chi connectivity index (χ3v) is 5.04. The van der Waals surface area contributed by atoms with E-state index in [0.29, 0.717) is 12.1 Å².